The fourth-order valence-electron chi connectivity index (χ4n) is 5.29. The van der Waals surface area contributed by atoms with Crippen molar-refractivity contribution in [3.63, 3.8) is 0 Å². The number of likely N-dealkylation sites (tertiary alicyclic amines) is 1. The van der Waals surface area contributed by atoms with Gasteiger partial charge in [0.25, 0.3) is 10.2 Å². The third kappa shape index (κ3) is 6.76. The van der Waals surface area contributed by atoms with Gasteiger partial charge in [0.2, 0.25) is 5.91 Å². The zero-order chi connectivity index (χ0) is 27.4. The van der Waals surface area contributed by atoms with Crippen molar-refractivity contribution in [1.82, 2.24) is 13.9 Å². The van der Waals surface area contributed by atoms with Crippen LogP contribution in [0, 0.1) is 5.41 Å². The van der Waals surface area contributed by atoms with Crippen molar-refractivity contribution in [1.29, 1.82) is 0 Å². The predicted octanol–water partition coefficient (Wildman–Crippen LogP) is 6.20. The number of amides is 1. The average Bonchev–Trinajstić information content (AvgIpc) is 2.84. The van der Waals surface area contributed by atoms with Crippen LogP contribution in [-0.4, -0.2) is 50.2 Å². The highest BCUT2D eigenvalue weighted by Crippen LogP contribution is 2.52. The highest BCUT2D eigenvalue weighted by atomic mass is 35.5. The molecule has 0 aliphatic carbocycles. The van der Waals surface area contributed by atoms with Gasteiger partial charge in [0.05, 0.1) is 11.5 Å². The van der Waals surface area contributed by atoms with E-state index in [0.29, 0.717) is 29.3 Å². The molecule has 1 aliphatic rings. The standard InChI is InChI=1S/C28H37Cl2N3O3S/c1-6-9-24(19-31-37(35,36)32(4)5)33-26(20-12-14-22(29)15-13-20)25(21-10-8-11-23(30)17-21)18-28(3,16-7-2)27(33)34/h7-8,10-15,17,24-26,31H,2,6,9,16,18-19H2,1,3-5H3/t24?,25-,26-,28+/m1/s1. The van der Waals surface area contributed by atoms with Crippen LogP contribution in [0.5, 0.6) is 0 Å². The van der Waals surface area contributed by atoms with Gasteiger partial charge in [-0.2, -0.15) is 12.7 Å². The summed E-state index contributed by atoms with van der Waals surface area (Å²) in [5.41, 5.74) is 1.27. The molecule has 4 atom stereocenters. The lowest BCUT2D eigenvalue weighted by molar-refractivity contribution is -0.154. The Morgan fingerprint density at radius 1 is 1.16 bits per heavy atom. The summed E-state index contributed by atoms with van der Waals surface area (Å²) < 4.78 is 29.1. The van der Waals surface area contributed by atoms with Gasteiger partial charge >= 0.3 is 0 Å². The number of carbonyl (C=O) groups is 1. The molecular weight excluding hydrogens is 529 g/mol. The first kappa shape index (κ1) is 29.7. The molecule has 1 saturated heterocycles. The van der Waals surface area contributed by atoms with Crippen LogP contribution in [0.4, 0.5) is 0 Å². The largest absolute Gasteiger partial charge is 0.330 e. The van der Waals surface area contributed by atoms with Crippen molar-refractivity contribution in [3.8, 4) is 0 Å². The number of hydrogen-bond acceptors (Lipinski definition) is 3. The molecular formula is C28H37Cl2N3O3S. The second-order valence-electron chi connectivity index (χ2n) is 10.2. The third-order valence-corrected chi connectivity index (χ3v) is 9.16. The van der Waals surface area contributed by atoms with Gasteiger partial charge in [-0.1, -0.05) is 73.8 Å². The maximum atomic E-state index is 14.3. The number of nitrogens with zero attached hydrogens (tertiary/aromatic N) is 2. The van der Waals surface area contributed by atoms with E-state index in [9.17, 15) is 13.2 Å². The van der Waals surface area contributed by atoms with Crippen LogP contribution in [0.3, 0.4) is 0 Å². The van der Waals surface area contributed by atoms with Crippen LogP contribution in [-0.2, 0) is 15.0 Å². The molecule has 6 nitrogen and oxygen atoms in total. The van der Waals surface area contributed by atoms with E-state index in [0.717, 1.165) is 21.9 Å². The molecule has 1 amide bonds. The molecule has 0 bridgehead atoms. The first-order chi connectivity index (χ1) is 17.4. The summed E-state index contributed by atoms with van der Waals surface area (Å²) in [6, 6.07) is 14.6. The van der Waals surface area contributed by atoms with Crippen molar-refractivity contribution in [2.75, 3.05) is 20.6 Å². The molecule has 1 aliphatic heterocycles. The van der Waals surface area contributed by atoms with Crippen LogP contribution in [0.2, 0.25) is 10.0 Å². The summed E-state index contributed by atoms with van der Waals surface area (Å²) >= 11 is 12.6. The maximum Gasteiger partial charge on any atom is 0.279 e. The minimum Gasteiger partial charge on any atom is -0.330 e. The van der Waals surface area contributed by atoms with Crippen molar-refractivity contribution >= 4 is 39.3 Å². The SMILES string of the molecule is C=CC[C@@]1(C)C[C@H](c2cccc(Cl)c2)[C@@H](c2ccc(Cl)cc2)N(C(CCC)CNS(=O)(=O)N(C)C)C1=O. The van der Waals surface area contributed by atoms with Crippen molar-refractivity contribution in [3.05, 3.63) is 82.4 Å². The molecule has 0 saturated carbocycles. The lowest BCUT2D eigenvalue weighted by atomic mass is 9.67. The summed E-state index contributed by atoms with van der Waals surface area (Å²) in [7, 11) is -0.707. The second-order valence-corrected chi connectivity index (χ2v) is 13.0. The first-order valence-corrected chi connectivity index (χ1v) is 14.7. The highest BCUT2D eigenvalue weighted by molar-refractivity contribution is 7.87. The smallest absolute Gasteiger partial charge is 0.279 e. The van der Waals surface area contributed by atoms with Crippen molar-refractivity contribution < 1.29 is 13.2 Å². The number of hydrogen-bond donors (Lipinski definition) is 1. The average molecular weight is 567 g/mol. The fourth-order valence-corrected chi connectivity index (χ4v) is 6.28. The lowest BCUT2D eigenvalue weighted by Crippen LogP contribution is -2.58. The quantitative estimate of drug-likeness (QED) is 0.330. The summed E-state index contributed by atoms with van der Waals surface area (Å²) in [4.78, 5) is 16.3. The van der Waals surface area contributed by atoms with E-state index >= 15 is 0 Å². The number of nitrogens with one attached hydrogen (secondary N) is 1. The zero-order valence-electron chi connectivity index (χ0n) is 22.0. The van der Waals surface area contributed by atoms with E-state index in [1.807, 2.05) is 67.3 Å². The molecule has 1 unspecified atom stereocenters. The molecule has 0 aromatic heterocycles. The zero-order valence-corrected chi connectivity index (χ0v) is 24.3. The molecule has 9 heteroatoms. The van der Waals surface area contributed by atoms with Gasteiger partial charge in [-0.15, -0.1) is 6.58 Å². The Kier molecular flexibility index (Phi) is 9.86. The number of allylic oxidation sites excluding steroid dienone is 1. The van der Waals surface area contributed by atoms with Gasteiger partial charge in [-0.25, -0.2) is 4.72 Å². The van der Waals surface area contributed by atoms with Gasteiger partial charge in [0.1, 0.15) is 0 Å². The summed E-state index contributed by atoms with van der Waals surface area (Å²) in [6.07, 6.45) is 4.32. The van der Waals surface area contributed by atoms with E-state index in [1.165, 1.54) is 14.1 Å². The van der Waals surface area contributed by atoms with Crippen LogP contribution in [0.25, 0.3) is 0 Å². The second kappa shape index (κ2) is 12.3. The molecule has 202 valence electrons. The lowest BCUT2D eigenvalue weighted by Gasteiger charge is -2.52. The molecule has 0 radical (unpaired) electrons. The Balaban J connectivity index is 2.20. The van der Waals surface area contributed by atoms with Crippen LogP contribution in [0.1, 0.15) is 62.6 Å². The Morgan fingerprint density at radius 3 is 2.41 bits per heavy atom. The summed E-state index contributed by atoms with van der Waals surface area (Å²) in [5.74, 6) is -0.0829. The van der Waals surface area contributed by atoms with E-state index < -0.39 is 15.6 Å². The van der Waals surface area contributed by atoms with Crippen molar-refractivity contribution in [2.45, 2.75) is 57.5 Å². The Bertz CT molecular complexity index is 1200. The normalized spacial score (nSPS) is 23.3. The predicted molar refractivity (Wildman–Crippen MR) is 152 cm³/mol. The van der Waals surface area contributed by atoms with E-state index in [4.69, 9.17) is 23.2 Å². The molecule has 1 heterocycles. The van der Waals surface area contributed by atoms with Crippen LogP contribution >= 0.6 is 23.2 Å². The van der Waals surface area contributed by atoms with E-state index in [2.05, 4.69) is 11.3 Å². The van der Waals surface area contributed by atoms with Gasteiger partial charge < -0.3 is 4.90 Å². The maximum absolute atomic E-state index is 14.3. The van der Waals surface area contributed by atoms with Gasteiger partial charge in [0, 0.05) is 42.6 Å². The Hall–Kier alpha value is -1.90. The number of carbonyl (C=O) groups excluding carboxylic acids is 1. The highest BCUT2D eigenvalue weighted by Gasteiger charge is 2.51. The first-order valence-electron chi connectivity index (χ1n) is 12.5. The number of piperidine rings is 1. The monoisotopic (exact) mass is 565 g/mol. The molecule has 0 spiro atoms. The van der Waals surface area contributed by atoms with Gasteiger partial charge in [-0.05, 0) is 54.7 Å². The molecule has 2 aromatic carbocycles. The molecule has 37 heavy (non-hydrogen) atoms. The third-order valence-electron chi connectivity index (χ3n) is 7.18. The number of halogens is 2. The Morgan fingerprint density at radius 2 is 1.84 bits per heavy atom. The number of benzene rings is 2. The van der Waals surface area contributed by atoms with E-state index in [1.54, 1.807) is 6.08 Å². The summed E-state index contributed by atoms with van der Waals surface area (Å²) in [5, 5.41) is 1.24. The number of rotatable bonds is 11. The Labute approximate surface area is 231 Å². The van der Waals surface area contributed by atoms with E-state index in [-0.39, 0.29) is 30.5 Å². The summed E-state index contributed by atoms with van der Waals surface area (Å²) in [6.45, 7) is 8.05. The van der Waals surface area contributed by atoms with Crippen molar-refractivity contribution in [2.24, 2.45) is 5.41 Å². The molecule has 1 N–H and O–H groups in total. The topological polar surface area (TPSA) is 69.7 Å². The van der Waals surface area contributed by atoms with Gasteiger partial charge in [-0.3, -0.25) is 4.79 Å². The molecule has 2 aromatic rings. The minimum atomic E-state index is -3.67. The van der Waals surface area contributed by atoms with Gasteiger partial charge in [0.15, 0.2) is 0 Å². The molecule has 3 rings (SSSR count). The molecule has 1 fully saturated rings. The van der Waals surface area contributed by atoms with Crippen LogP contribution in [0.15, 0.2) is 61.2 Å². The van der Waals surface area contributed by atoms with Crippen LogP contribution < -0.4 is 4.72 Å². The minimum absolute atomic E-state index is 0.00636. The fraction of sp³-hybridized carbons (Fsp3) is 0.464.